The SMILES string of the molecule is COc1cccc(C(C)C(=O)NC(C)(CN)CC(C)C)c1.Cl. The average molecular weight is 329 g/mol. The van der Waals surface area contributed by atoms with Gasteiger partial charge in [0.25, 0.3) is 0 Å². The fourth-order valence-corrected chi connectivity index (χ4v) is 2.55. The summed E-state index contributed by atoms with van der Waals surface area (Å²) in [6, 6.07) is 7.60. The molecule has 22 heavy (non-hydrogen) atoms. The van der Waals surface area contributed by atoms with Gasteiger partial charge in [0.15, 0.2) is 0 Å². The van der Waals surface area contributed by atoms with Gasteiger partial charge in [-0.15, -0.1) is 12.4 Å². The quantitative estimate of drug-likeness (QED) is 0.808. The third kappa shape index (κ3) is 5.85. The number of amides is 1. The Hall–Kier alpha value is -1.26. The molecule has 0 spiro atoms. The monoisotopic (exact) mass is 328 g/mol. The number of halogens is 1. The summed E-state index contributed by atoms with van der Waals surface area (Å²) in [7, 11) is 1.62. The van der Waals surface area contributed by atoms with Gasteiger partial charge in [-0.05, 0) is 43.9 Å². The predicted molar refractivity (Wildman–Crippen MR) is 93.7 cm³/mol. The largest absolute Gasteiger partial charge is 0.497 e. The van der Waals surface area contributed by atoms with Crippen molar-refractivity contribution in [1.29, 1.82) is 0 Å². The minimum absolute atomic E-state index is 0. The van der Waals surface area contributed by atoms with E-state index in [2.05, 4.69) is 19.2 Å². The lowest BCUT2D eigenvalue weighted by molar-refractivity contribution is -0.124. The van der Waals surface area contributed by atoms with Gasteiger partial charge in [-0.2, -0.15) is 0 Å². The van der Waals surface area contributed by atoms with Crippen LogP contribution in [-0.2, 0) is 4.79 Å². The van der Waals surface area contributed by atoms with Crippen LogP contribution in [0.3, 0.4) is 0 Å². The number of rotatable bonds is 7. The van der Waals surface area contributed by atoms with E-state index in [4.69, 9.17) is 10.5 Å². The second-order valence-electron chi connectivity index (χ2n) is 6.35. The highest BCUT2D eigenvalue weighted by Gasteiger charge is 2.28. The molecule has 2 atom stereocenters. The average Bonchev–Trinajstić information content (AvgIpc) is 2.45. The Kier molecular flexibility index (Phi) is 8.49. The molecule has 0 fully saturated rings. The highest BCUT2D eigenvalue weighted by Crippen LogP contribution is 2.22. The van der Waals surface area contributed by atoms with Crippen molar-refractivity contribution in [1.82, 2.24) is 5.32 Å². The maximum atomic E-state index is 12.5. The molecule has 126 valence electrons. The van der Waals surface area contributed by atoms with E-state index in [1.54, 1.807) is 7.11 Å². The zero-order valence-corrected chi connectivity index (χ0v) is 15.0. The fourth-order valence-electron chi connectivity index (χ4n) is 2.55. The predicted octanol–water partition coefficient (Wildman–Crippen LogP) is 3.10. The summed E-state index contributed by atoms with van der Waals surface area (Å²) in [6.45, 7) is 8.60. The van der Waals surface area contributed by atoms with E-state index in [1.807, 2.05) is 38.1 Å². The molecule has 0 aliphatic carbocycles. The van der Waals surface area contributed by atoms with E-state index in [0.29, 0.717) is 12.5 Å². The molecule has 0 aliphatic heterocycles. The van der Waals surface area contributed by atoms with Crippen LogP contribution in [0.25, 0.3) is 0 Å². The Morgan fingerprint density at radius 3 is 2.50 bits per heavy atom. The van der Waals surface area contributed by atoms with Gasteiger partial charge < -0.3 is 15.8 Å². The molecule has 5 heteroatoms. The number of methoxy groups -OCH3 is 1. The molecule has 0 heterocycles. The standard InChI is InChI=1S/C17H28N2O2.ClH/c1-12(2)10-17(4,11-18)19-16(20)13(3)14-7-6-8-15(9-14)21-5;/h6-9,12-13H,10-11,18H2,1-5H3,(H,19,20);1H. The van der Waals surface area contributed by atoms with E-state index >= 15 is 0 Å². The minimum atomic E-state index is -0.363. The normalized spacial score (nSPS) is 14.7. The lowest BCUT2D eigenvalue weighted by Gasteiger charge is -2.32. The van der Waals surface area contributed by atoms with Crippen LogP contribution in [0, 0.1) is 5.92 Å². The molecule has 1 amide bonds. The first-order valence-corrected chi connectivity index (χ1v) is 7.47. The first kappa shape index (κ1) is 20.7. The van der Waals surface area contributed by atoms with E-state index < -0.39 is 0 Å². The third-order valence-corrected chi connectivity index (χ3v) is 3.72. The molecule has 0 radical (unpaired) electrons. The van der Waals surface area contributed by atoms with Crippen molar-refractivity contribution in [2.75, 3.05) is 13.7 Å². The molecule has 1 aromatic carbocycles. The van der Waals surface area contributed by atoms with Gasteiger partial charge in [-0.1, -0.05) is 26.0 Å². The maximum absolute atomic E-state index is 12.5. The Bertz CT molecular complexity index is 479. The van der Waals surface area contributed by atoms with Crippen molar-refractivity contribution in [2.45, 2.75) is 45.6 Å². The molecular weight excluding hydrogens is 300 g/mol. The topological polar surface area (TPSA) is 64.3 Å². The lowest BCUT2D eigenvalue weighted by atomic mass is 9.89. The van der Waals surface area contributed by atoms with Crippen molar-refractivity contribution < 1.29 is 9.53 Å². The van der Waals surface area contributed by atoms with Gasteiger partial charge in [-0.25, -0.2) is 0 Å². The molecule has 0 aliphatic rings. The first-order chi connectivity index (χ1) is 9.81. The van der Waals surface area contributed by atoms with Gasteiger partial charge in [-0.3, -0.25) is 4.79 Å². The molecule has 0 bridgehead atoms. The van der Waals surface area contributed by atoms with Gasteiger partial charge >= 0.3 is 0 Å². The van der Waals surface area contributed by atoms with Crippen molar-refractivity contribution in [2.24, 2.45) is 11.7 Å². The minimum Gasteiger partial charge on any atom is -0.497 e. The summed E-state index contributed by atoms with van der Waals surface area (Å²) >= 11 is 0. The van der Waals surface area contributed by atoms with Crippen LogP contribution in [0.2, 0.25) is 0 Å². The van der Waals surface area contributed by atoms with E-state index in [0.717, 1.165) is 17.7 Å². The number of nitrogens with one attached hydrogen (secondary N) is 1. The molecule has 2 unspecified atom stereocenters. The van der Waals surface area contributed by atoms with Crippen LogP contribution in [0.4, 0.5) is 0 Å². The number of benzene rings is 1. The van der Waals surface area contributed by atoms with E-state index in [1.165, 1.54) is 0 Å². The van der Waals surface area contributed by atoms with Crippen LogP contribution < -0.4 is 15.8 Å². The van der Waals surface area contributed by atoms with Crippen molar-refractivity contribution in [3.63, 3.8) is 0 Å². The molecular formula is C17H29ClN2O2. The fraction of sp³-hybridized carbons (Fsp3) is 0.588. The number of carbonyl (C=O) groups excluding carboxylic acids is 1. The number of ether oxygens (including phenoxy) is 1. The molecule has 3 N–H and O–H groups in total. The second kappa shape index (κ2) is 9.01. The Morgan fingerprint density at radius 1 is 1.36 bits per heavy atom. The summed E-state index contributed by atoms with van der Waals surface area (Å²) in [6.07, 6.45) is 0.861. The Labute approximate surface area is 140 Å². The van der Waals surface area contributed by atoms with Crippen LogP contribution in [0.15, 0.2) is 24.3 Å². The zero-order valence-electron chi connectivity index (χ0n) is 14.2. The van der Waals surface area contributed by atoms with Gasteiger partial charge in [0.2, 0.25) is 5.91 Å². The van der Waals surface area contributed by atoms with Gasteiger partial charge in [0.05, 0.1) is 13.0 Å². The number of nitrogens with two attached hydrogens (primary N) is 1. The van der Waals surface area contributed by atoms with Crippen molar-refractivity contribution in [3.8, 4) is 5.75 Å². The molecule has 1 aromatic rings. The molecule has 0 saturated carbocycles. The summed E-state index contributed by atoms with van der Waals surface area (Å²) in [4.78, 5) is 12.5. The molecule has 0 saturated heterocycles. The number of hydrogen-bond donors (Lipinski definition) is 2. The molecule has 1 rings (SSSR count). The highest BCUT2D eigenvalue weighted by molar-refractivity contribution is 5.85. The smallest absolute Gasteiger partial charge is 0.227 e. The van der Waals surface area contributed by atoms with E-state index in [9.17, 15) is 4.79 Å². The number of hydrogen-bond acceptors (Lipinski definition) is 3. The summed E-state index contributed by atoms with van der Waals surface area (Å²) in [5.41, 5.74) is 6.43. The molecule has 4 nitrogen and oxygen atoms in total. The van der Waals surface area contributed by atoms with E-state index in [-0.39, 0.29) is 29.8 Å². The zero-order chi connectivity index (χ0) is 16.0. The van der Waals surface area contributed by atoms with Gasteiger partial charge in [0, 0.05) is 12.1 Å². The number of carbonyl (C=O) groups is 1. The summed E-state index contributed by atoms with van der Waals surface area (Å²) in [5.74, 6) is 0.997. The van der Waals surface area contributed by atoms with Crippen molar-refractivity contribution >= 4 is 18.3 Å². The first-order valence-electron chi connectivity index (χ1n) is 7.47. The second-order valence-corrected chi connectivity index (χ2v) is 6.35. The highest BCUT2D eigenvalue weighted by atomic mass is 35.5. The maximum Gasteiger partial charge on any atom is 0.227 e. The summed E-state index contributed by atoms with van der Waals surface area (Å²) < 4.78 is 5.21. The lowest BCUT2D eigenvalue weighted by Crippen LogP contribution is -2.53. The van der Waals surface area contributed by atoms with Crippen LogP contribution >= 0.6 is 12.4 Å². The van der Waals surface area contributed by atoms with Gasteiger partial charge in [0.1, 0.15) is 5.75 Å². The Morgan fingerprint density at radius 2 is 2.00 bits per heavy atom. The van der Waals surface area contributed by atoms with Crippen LogP contribution in [0.5, 0.6) is 5.75 Å². The summed E-state index contributed by atoms with van der Waals surface area (Å²) in [5, 5.41) is 3.11. The van der Waals surface area contributed by atoms with Crippen LogP contribution in [0.1, 0.15) is 45.6 Å². The van der Waals surface area contributed by atoms with Crippen molar-refractivity contribution in [3.05, 3.63) is 29.8 Å². The third-order valence-electron chi connectivity index (χ3n) is 3.72. The van der Waals surface area contributed by atoms with Crippen LogP contribution in [-0.4, -0.2) is 25.1 Å². The molecule has 0 aromatic heterocycles. The Balaban J connectivity index is 0.00000441.